The predicted octanol–water partition coefficient (Wildman–Crippen LogP) is 2.81. The van der Waals surface area contributed by atoms with Crippen LogP contribution in [-0.2, 0) is 4.74 Å². The van der Waals surface area contributed by atoms with Crippen LogP contribution >= 0.6 is 11.3 Å². The Balaban J connectivity index is 2.68. The molecule has 2 nitrogen and oxygen atoms in total. The van der Waals surface area contributed by atoms with Gasteiger partial charge in [0.05, 0.1) is 12.1 Å². The molecule has 2 unspecified atom stereocenters. The third-order valence-electron chi connectivity index (χ3n) is 2.24. The average molecular weight is 213 g/mol. The molecule has 0 fully saturated rings. The molecule has 3 heteroatoms. The second-order valence-corrected chi connectivity index (χ2v) is 4.68. The van der Waals surface area contributed by atoms with Gasteiger partial charge in [0.1, 0.15) is 0 Å². The molecule has 0 amide bonds. The van der Waals surface area contributed by atoms with Crippen LogP contribution in [0.1, 0.15) is 31.7 Å². The van der Waals surface area contributed by atoms with Crippen molar-refractivity contribution in [1.82, 2.24) is 0 Å². The van der Waals surface area contributed by atoms with Crippen LogP contribution in [0.25, 0.3) is 0 Å². The van der Waals surface area contributed by atoms with E-state index in [4.69, 9.17) is 10.5 Å². The van der Waals surface area contributed by atoms with Crippen molar-refractivity contribution in [3.63, 3.8) is 0 Å². The summed E-state index contributed by atoms with van der Waals surface area (Å²) in [5, 5.41) is 2.05. The zero-order chi connectivity index (χ0) is 10.6. The van der Waals surface area contributed by atoms with Crippen LogP contribution in [0.3, 0.4) is 0 Å². The monoisotopic (exact) mass is 213 g/mol. The molecule has 0 aliphatic heterocycles. The Bertz CT molecular complexity index is 246. The van der Waals surface area contributed by atoms with Gasteiger partial charge in [-0.15, -0.1) is 11.3 Å². The van der Waals surface area contributed by atoms with E-state index in [1.165, 1.54) is 4.88 Å². The van der Waals surface area contributed by atoms with Gasteiger partial charge in [-0.1, -0.05) is 19.9 Å². The summed E-state index contributed by atoms with van der Waals surface area (Å²) in [6, 6.07) is 4.11. The van der Waals surface area contributed by atoms with E-state index in [0.29, 0.717) is 5.92 Å². The van der Waals surface area contributed by atoms with Gasteiger partial charge in [0.15, 0.2) is 0 Å². The Morgan fingerprint density at radius 1 is 1.50 bits per heavy atom. The highest BCUT2D eigenvalue weighted by molar-refractivity contribution is 7.10. The van der Waals surface area contributed by atoms with E-state index in [-0.39, 0.29) is 12.1 Å². The summed E-state index contributed by atoms with van der Waals surface area (Å²) < 4.78 is 5.67. The molecule has 0 bridgehead atoms. The summed E-state index contributed by atoms with van der Waals surface area (Å²) in [5.41, 5.74) is 6.16. The zero-order valence-corrected chi connectivity index (χ0v) is 9.88. The number of rotatable bonds is 5. The van der Waals surface area contributed by atoms with Crippen molar-refractivity contribution in [2.24, 2.45) is 11.7 Å². The maximum atomic E-state index is 6.16. The Kier molecular flexibility index (Phi) is 4.58. The van der Waals surface area contributed by atoms with Crippen LogP contribution in [0, 0.1) is 5.92 Å². The molecule has 14 heavy (non-hydrogen) atoms. The van der Waals surface area contributed by atoms with Crippen molar-refractivity contribution in [2.75, 3.05) is 6.61 Å². The van der Waals surface area contributed by atoms with E-state index in [2.05, 4.69) is 25.3 Å². The number of nitrogens with two attached hydrogens (primary N) is 1. The molecule has 0 aliphatic carbocycles. The van der Waals surface area contributed by atoms with Gasteiger partial charge in [-0.25, -0.2) is 0 Å². The summed E-state index contributed by atoms with van der Waals surface area (Å²) in [5.74, 6) is 0.451. The Hall–Kier alpha value is -0.380. The molecule has 2 N–H and O–H groups in total. The van der Waals surface area contributed by atoms with Crippen LogP contribution in [-0.4, -0.2) is 12.7 Å². The second kappa shape index (κ2) is 5.49. The third-order valence-corrected chi connectivity index (χ3v) is 3.22. The molecule has 0 saturated heterocycles. The lowest BCUT2D eigenvalue weighted by molar-refractivity contribution is 0.0129. The van der Waals surface area contributed by atoms with Crippen LogP contribution in [0.2, 0.25) is 0 Å². The van der Waals surface area contributed by atoms with Gasteiger partial charge < -0.3 is 10.5 Å². The van der Waals surface area contributed by atoms with Gasteiger partial charge in [0, 0.05) is 11.5 Å². The van der Waals surface area contributed by atoms with Gasteiger partial charge >= 0.3 is 0 Å². The van der Waals surface area contributed by atoms with Crippen molar-refractivity contribution in [2.45, 2.75) is 32.9 Å². The summed E-state index contributed by atoms with van der Waals surface area (Å²) >= 11 is 1.70. The van der Waals surface area contributed by atoms with Gasteiger partial charge in [0.25, 0.3) is 0 Å². The first-order chi connectivity index (χ1) is 6.66. The van der Waals surface area contributed by atoms with Crippen LogP contribution in [0.15, 0.2) is 17.5 Å². The van der Waals surface area contributed by atoms with Gasteiger partial charge in [-0.2, -0.15) is 0 Å². The summed E-state index contributed by atoms with van der Waals surface area (Å²) in [7, 11) is 0. The molecule has 0 radical (unpaired) electrons. The molecule has 1 rings (SSSR count). The minimum Gasteiger partial charge on any atom is -0.376 e. The van der Waals surface area contributed by atoms with E-state index in [1.807, 2.05) is 13.0 Å². The molecule has 80 valence electrons. The molecule has 0 saturated carbocycles. The lowest BCUT2D eigenvalue weighted by Gasteiger charge is -2.26. The number of ether oxygens (including phenoxy) is 1. The van der Waals surface area contributed by atoms with E-state index >= 15 is 0 Å². The van der Waals surface area contributed by atoms with Crippen molar-refractivity contribution >= 4 is 11.3 Å². The maximum absolute atomic E-state index is 6.16. The van der Waals surface area contributed by atoms with Gasteiger partial charge in [0.2, 0.25) is 0 Å². The third kappa shape index (κ3) is 2.80. The molecular formula is C11H19NOS. The SMILES string of the molecule is CCOC(C(C)C)C(N)c1cccs1. The molecule has 1 aromatic heterocycles. The number of hydrogen-bond donors (Lipinski definition) is 1. The molecular weight excluding hydrogens is 194 g/mol. The fourth-order valence-corrected chi connectivity index (χ4v) is 2.31. The first-order valence-electron chi connectivity index (χ1n) is 5.07. The molecule has 2 atom stereocenters. The maximum Gasteiger partial charge on any atom is 0.0798 e. The average Bonchev–Trinajstić information content (AvgIpc) is 2.65. The van der Waals surface area contributed by atoms with E-state index in [1.54, 1.807) is 11.3 Å². The smallest absolute Gasteiger partial charge is 0.0798 e. The summed E-state index contributed by atoms with van der Waals surface area (Å²) in [6.45, 7) is 7.03. The number of thiophene rings is 1. The topological polar surface area (TPSA) is 35.2 Å². The Morgan fingerprint density at radius 3 is 2.64 bits per heavy atom. The summed E-state index contributed by atoms with van der Waals surface area (Å²) in [4.78, 5) is 1.21. The fourth-order valence-electron chi connectivity index (χ4n) is 1.55. The highest BCUT2D eigenvalue weighted by Gasteiger charge is 2.23. The molecule has 0 spiro atoms. The van der Waals surface area contributed by atoms with Crippen LogP contribution < -0.4 is 5.73 Å². The first kappa shape index (κ1) is 11.7. The fraction of sp³-hybridized carbons (Fsp3) is 0.636. The second-order valence-electron chi connectivity index (χ2n) is 3.71. The number of hydrogen-bond acceptors (Lipinski definition) is 3. The zero-order valence-electron chi connectivity index (χ0n) is 9.07. The van der Waals surface area contributed by atoms with Crippen LogP contribution in [0.4, 0.5) is 0 Å². The van der Waals surface area contributed by atoms with Crippen LogP contribution in [0.5, 0.6) is 0 Å². The first-order valence-corrected chi connectivity index (χ1v) is 5.95. The van der Waals surface area contributed by atoms with E-state index in [0.717, 1.165) is 6.61 Å². The standard InChI is InChI=1S/C11H19NOS/c1-4-13-11(8(2)3)10(12)9-6-5-7-14-9/h5-8,10-11H,4,12H2,1-3H3. The largest absolute Gasteiger partial charge is 0.376 e. The lowest BCUT2D eigenvalue weighted by atomic mass is 9.99. The van der Waals surface area contributed by atoms with E-state index < -0.39 is 0 Å². The predicted molar refractivity (Wildman–Crippen MR) is 61.5 cm³/mol. The van der Waals surface area contributed by atoms with Crippen molar-refractivity contribution in [3.8, 4) is 0 Å². The molecule has 1 aromatic rings. The van der Waals surface area contributed by atoms with Crippen molar-refractivity contribution in [1.29, 1.82) is 0 Å². The quantitative estimate of drug-likeness (QED) is 0.816. The molecule has 0 aliphatic rings. The minimum atomic E-state index is 0.00921. The van der Waals surface area contributed by atoms with E-state index in [9.17, 15) is 0 Å². The molecule has 0 aromatic carbocycles. The van der Waals surface area contributed by atoms with Gasteiger partial charge in [-0.05, 0) is 24.3 Å². The van der Waals surface area contributed by atoms with Crippen molar-refractivity contribution < 1.29 is 4.74 Å². The molecule has 1 heterocycles. The Morgan fingerprint density at radius 2 is 2.21 bits per heavy atom. The lowest BCUT2D eigenvalue weighted by Crippen LogP contribution is -2.32. The normalized spacial score (nSPS) is 15.8. The Labute approximate surface area is 90.1 Å². The van der Waals surface area contributed by atoms with Gasteiger partial charge in [-0.3, -0.25) is 0 Å². The summed E-state index contributed by atoms with van der Waals surface area (Å²) in [6.07, 6.45) is 0.124. The van der Waals surface area contributed by atoms with Crippen molar-refractivity contribution in [3.05, 3.63) is 22.4 Å². The highest BCUT2D eigenvalue weighted by atomic mass is 32.1. The minimum absolute atomic E-state index is 0.00921. The highest BCUT2D eigenvalue weighted by Crippen LogP contribution is 2.25.